The molecule has 0 aliphatic carbocycles. The van der Waals surface area contributed by atoms with Gasteiger partial charge in [-0.05, 0) is 18.9 Å². The van der Waals surface area contributed by atoms with Crippen LogP contribution in [-0.4, -0.2) is 19.7 Å². The maximum absolute atomic E-state index is 6.10. The van der Waals surface area contributed by atoms with Crippen molar-refractivity contribution in [3.63, 3.8) is 0 Å². The fourth-order valence-electron chi connectivity index (χ4n) is 1.60. The van der Waals surface area contributed by atoms with Crippen LogP contribution in [0.25, 0.3) is 5.82 Å². The predicted octanol–water partition coefficient (Wildman–Crippen LogP) is 2.02. The lowest BCUT2D eigenvalue weighted by atomic mass is 10.2. The number of nitrogens with two attached hydrogens (primary N) is 1. The highest BCUT2D eigenvalue weighted by Gasteiger charge is 2.13. The normalized spacial score (nSPS) is 10.8. The zero-order chi connectivity index (χ0) is 12.4. The minimum atomic E-state index is 0.271. The molecule has 6 heteroatoms. The van der Waals surface area contributed by atoms with Crippen LogP contribution in [0.3, 0.4) is 0 Å². The zero-order valence-corrected chi connectivity index (χ0v) is 10.6. The Morgan fingerprint density at radius 1 is 1.29 bits per heavy atom. The summed E-state index contributed by atoms with van der Waals surface area (Å²) in [7, 11) is 0. The maximum atomic E-state index is 6.10. The Kier molecular flexibility index (Phi) is 3.28. The summed E-state index contributed by atoms with van der Waals surface area (Å²) >= 11 is 6.10. The molecule has 0 fully saturated rings. The standard InChI is InChI=1S/C11H14ClN5/c1-3-7-5-8(4-2)17(16-7)11-9(12)10(13)14-6-15-11/h5-6H,3-4H2,1-2H3,(H2,13,14,15). The fourth-order valence-corrected chi connectivity index (χ4v) is 1.78. The van der Waals surface area contributed by atoms with Crippen LogP contribution < -0.4 is 5.73 Å². The molecule has 0 aliphatic rings. The summed E-state index contributed by atoms with van der Waals surface area (Å²) in [6.45, 7) is 4.12. The molecule has 2 aromatic rings. The van der Waals surface area contributed by atoms with E-state index in [-0.39, 0.29) is 5.82 Å². The Hall–Kier alpha value is -1.62. The molecule has 0 amide bonds. The number of hydrogen-bond donors (Lipinski definition) is 1. The van der Waals surface area contributed by atoms with Gasteiger partial charge in [0.2, 0.25) is 0 Å². The third-order valence-electron chi connectivity index (χ3n) is 2.56. The van der Waals surface area contributed by atoms with Gasteiger partial charge in [0.25, 0.3) is 0 Å². The van der Waals surface area contributed by atoms with Crippen LogP contribution in [0.1, 0.15) is 25.2 Å². The summed E-state index contributed by atoms with van der Waals surface area (Å²) in [6, 6.07) is 2.05. The van der Waals surface area contributed by atoms with Gasteiger partial charge >= 0.3 is 0 Å². The molecule has 0 saturated carbocycles. The molecule has 17 heavy (non-hydrogen) atoms. The molecule has 0 unspecified atom stereocenters. The van der Waals surface area contributed by atoms with Crippen LogP contribution in [-0.2, 0) is 12.8 Å². The van der Waals surface area contributed by atoms with Crippen LogP contribution in [0, 0.1) is 0 Å². The van der Waals surface area contributed by atoms with Gasteiger partial charge in [-0.1, -0.05) is 25.4 Å². The summed E-state index contributed by atoms with van der Waals surface area (Å²) in [5.41, 5.74) is 7.73. The third kappa shape index (κ3) is 2.10. The van der Waals surface area contributed by atoms with Gasteiger partial charge in [0, 0.05) is 5.69 Å². The number of nitrogens with zero attached hydrogens (tertiary/aromatic N) is 4. The van der Waals surface area contributed by atoms with Gasteiger partial charge in [0.15, 0.2) is 5.82 Å². The smallest absolute Gasteiger partial charge is 0.177 e. The van der Waals surface area contributed by atoms with Gasteiger partial charge in [0.05, 0.1) is 5.69 Å². The summed E-state index contributed by atoms with van der Waals surface area (Å²) in [4.78, 5) is 7.98. The topological polar surface area (TPSA) is 69.6 Å². The first-order chi connectivity index (χ1) is 8.17. The first-order valence-corrected chi connectivity index (χ1v) is 5.89. The first kappa shape index (κ1) is 11.9. The Bertz CT molecular complexity index is 535. The summed E-state index contributed by atoms with van der Waals surface area (Å²) in [5.74, 6) is 0.808. The molecule has 0 radical (unpaired) electrons. The second kappa shape index (κ2) is 4.71. The van der Waals surface area contributed by atoms with Crippen LogP contribution >= 0.6 is 11.6 Å². The van der Waals surface area contributed by atoms with Gasteiger partial charge in [0.1, 0.15) is 17.2 Å². The molecule has 5 nitrogen and oxygen atoms in total. The van der Waals surface area contributed by atoms with Gasteiger partial charge < -0.3 is 5.73 Å². The average Bonchev–Trinajstić information content (AvgIpc) is 2.76. The number of hydrogen-bond acceptors (Lipinski definition) is 4. The van der Waals surface area contributed by atoms with Crippen molar-refractivity contribution in [3.8, 4) is 5.82 Å². The quantitative estimate of drug-likeness (QED) is 0.906. The van der Waals surface area contributed by atoms with E-state index >= 15 is 0 Å². The second-order valence-corrected chi connectivity index (χ2v) is 4.02. The molecule has 0 aliphatic heterocycles. The van der Waals surface area contributed by atoms with Crippen molar-refractivity contribution in [2.75, 3.05) is 5.73 Å². The summed E-state index contributed by atoms with van der Waals surface area (Å²) in [5, 5.41) is 4.80. The van der Waals surface area contributed by atoms with E-state index < -0.39 is 0 Å². The van der Waals surface area contributed by atoms with Gasteiger partial charge in [-0.3, -0.25) is 0 Å². The number of anilines is 1. The molecule has 0 aromatic carbocycles. The van der Waals surface area contributed by atoms with E-state index in [2.05, 4.69) is 35.0 Å². The monoisotopic (exact) mass is 251 g/mol. The lowest BCUT2D eigenvalue weighted by Gasteiger charge is -2.07. The number of rotatable bonds is 3. The minimum absolute atomic E-state index is 0.271. The molecular weight excluding hydrogens is 238 g/mol. The number of halogens is 1. The van der Waals surface area contributed by atoms with Gasteiger partial charge in [-0.2, -0.15) is 5.10 Å². The highest BCUT2D eigenvalue weighted by Crippen LogP contribution is 2.23. The zero-order valence-electron chi connectivity index (χ0n) is 9.81. The Labute approximate surface area is 105 Å². The lowest BCUT2D eigenvalue weighted by molar-refractivity contribution is 0.769. The van der Waals surface area contributed by atoms with E-state index in [0.29, 0.717) is 10.8 Å². The van der Waals surface area contributed by atoms with E-state index in [1.807, 2.05) is 0 Å². The molecule has 0 saturated heterocycles. The average molecular weight is 252 g/mol. The fraction of sp³-hybridized carbons (Fsp3) is 0.364. The third-order valence-corrected chi connectivity index (χ3v) is 2.92. The van der Waals surface area contributed by atoms with E-state index in [1.54, 1.807) is 4.68 Å². The molecule has 2 N–H and O–H groups in total. The summed E-state index contributed by atoms with van der Waals surface area (Å²) < 4.78 is 1.74. The van der Waals surface area contributed by atoms with E-state index in [0.717, 1.165) is 24.2 Å². The molecule has 2 heterocycles. The van der Waals surface area contributed by atoms with Gasteiger partial charge in [-0.25, -0.2) is 14.6 Å². The van der Waals surface area contributed by atoms with Crippen LogP contribution in [0.15, 0.2) is 12.4 Å². The van der Waals surface area contributed by atoms with Crippen LogP contribution in [0.4, 0.5) is 5.82 Å². The highest BCUT2D eigenvalue weighted by atomic mass is 35.5. The Morgan fingerprint density at radius 3 is 2.71 bits per heavy atom. The second-order valence-electron chi connectivity index (χ2n) is 3.64. The maximum Gasteiger partial charge on any atom is 0.177 e. The van der Waals surface area contributed by atoms with Crippen molar-refractivity contribution >= 4 is 17.4 Å². The molecule has 2 rings (SSSR count). The molecule has 90 valence electrons. The number of aryl methyl sites for hydroxylation is 2. The predicted molar refractivity (Wildman–Crippen MR) is 67.3 cm³/mol. The van der Waals surface area contributed by atoms with Crippen LogP contribution in [0.5, 0.6) is 0 Å². The molecule has 2 aromatic heterocycles. The van der Waals surface area contributed by atoms with Crippen molar-refractivity contribution in [2.45, 2.75) is 26.7 Å². The summed E-state index contributed by atoms with van der Waals surface area (Å²) in [6.07, 6.45) is 3.12. The highest BCUT2D eigenvalue weighted by molar-refractivity contribution is 6.34. The minimum Gasteiger partial charge on any atom is -0.382 e. The van der Waals surface area contributed by atoms with E-state index in [9.17, 15) is 0 Å². The van der Waals surface area contributed by atoms with Gasteiger partial charge in [-0.15, -0.1) is 0 Å². The van der Waals surface area contributed by atoms with Crippen LogP contribution in [0.2, 0.25) is 5.02 Å². The van der Waals surface area contributed by atoms with E-state index in [1.165, 1.54) is 6.33 Å². The first-order valence-electron chi connectivity index (χ1n) is 5.51. The number of aromatic nitrogens is 4. The molecule has 0 bridgehead atoms. The van der Waals surface area contributed by atoms with E-state index in [4.69, 9.17) is 17.3 Å². The van der Waals surface area contributed by atoms with Crippen molar-refractivity contribution in [2.24, 2.45) is 0 Å². The van der Waals surface area contributed by atoms with Crippen molar-refractivity contribution in [1.82, 2.24) is 19.7 Å². The molecule has 0 atom stereocenters. The SMILES string of the molecule is CCc1cc(CC)n(-c2ncnc(N)c2Cl)n1. The number of nitrogen functional groups attached to an aromatic ring is 1. The Balaban J connectivity index is 2.59. The van der Waals surface area contributed by atoms with Crippen molar-refractivity contribution in [1.29, 1.82) is 0 Å². The van der Waals surface area contributed by atoms with Crippen molar-refractivity contribution in [3.05, 3.63) is 28.8 Å². The molecule has 0 spiro atoms. The molecular formula is C11H14ClN5. The largest absolute Gasteiger partial charge is 0.382 e. The van der Waals surface area contributed by atoms with Crippen molar-refractivity contribution < 1.29 is 0 Å². The lowest BCUT2D eigenvalue weighted by Crippen LogP contribution is -2.07. The Morgan fingerprint density at radius 2 is 2.06 bits per heavy atom.